The quantitative estimate of drug-likeness (QED) is 0.520. The Bertz CT molecular complexity index is 304. The lowest BCUT2D eigenvalue weighted by Crippen LogP contribution is -2.51. The van der Waals surface area contributed by atoms with E-state index in [0.29, 0.717) is 0 Å². The first-order valence-electron chi connectivity index (χ1n) is 5.26. The molecule has 0 aliphatic heterocycles. The summed E-state index contributed by atoms with van der Waals surface area (Å²) in [6.07, 6.45) is 0. The summed E-state index contributed by atoms with van der Waals surface area (Å²) in [5, 5.41) is 11.2. The van der Waals surface area contributed by atoms with Crippen molar-refractivity contribution in [3.05, 3.63) is 0 Å². The molecule has 17 heavy (non-hydrogen) atoms. The van der Waals surface area contributed by atoms with Crippen molar-refractivity contribution in [2.75, 3.05) is 13.1 Å². The van der Waals surface area contributed by atoms with Crippen molar-refractivity contribution in [3.8, 4) is 0 Å². The number of carbonyl (C=O) groups excluding carboxylic acids is 2. The number of carbonyl (C=O) groups is 3. The first-order valence-corrected chi connectivity index (χ1v) is 5.26. The molecule has 98 valence electrons. The third-order valence-electron chi connectivity index (χ3n) is 2.18. The molecule has 0 spiro atoms. The fourth-order valence-electron chi connectivity index (χ4n) is 1.32. The number of primary amides is 1. The minimum Gasteiger partial charge on any atom is -0.480 e. The lowest BCUT2D eigenvalue weighted by Gasteiger charge is -2.28. The number of nitrogens with two attached hydrogens (primary N) is 1. The van der Waals surface area contributed by atoms with Gasteiger partial charge in [0, 0.05) is 19.5 Å². The molecule has 0 aromatic heterocycles. The molecule has 4 N–H and O–H groups in total. The highest BCUT2D eigenvalue weighted by atomic mass is 16.4. The molecule has 1 atom stereocenters. The summed E-state index contributed by atoms with van der Waals surface area (Å²) < 4.78 is 0. The Hall–Kier alpha value is -1.63. The second-order valence-corrected chi connectivity index (χ2v) is 4.08. The van der Waals surface area contributed by atoms with Crippen LogP contribution in [0.4, 0.5) is 0 Å². The van der Waals surface area contributed by atoms with Crippen molar-refractivity contribution in [2.45, 2.75) is 32.9 Å². The third kappa shape index (κ3) is 6.52. The molecule has 0 bridgehead atoms. The summed E-state index contributed by atoms with van der Waals surface area (Å²) in [7, 11) is 0. The van der Waals surface area contributed by atoms with Crippen LogP contribution in [0.2, 0.25) is 0 Å². The normalized spacial score (nSPS) is 12.5. The fourth-order valence-corrected chi connectivity index (χ4v) is 1.32. The molecule has 1 unspecified atom stereocenters. The molecule has 0 aliphatic rings. The standard InChI is InChI=1S/C10H19N3O4/c1-6(2)13(5-9(11)15)4-8(10(16)17)12-7(3)14/h6,8H,4-5H2,1-3H3,(H2,11,15)(H,12,14)(H,16,17). The van der Waals surface area contributed by atoms with Crippen LogP contribution < -0.4 is 11.1 Å². The van der Waals surface area contributed by atoms with Crippen molar-refractivity contribution in [1.82, 2.24) is 10.2 Å². The fraction of sp³-hybridized carbons (Fsp3) is 0.700. The van der Waals surface area contributed by atoms with Gasteiger partial charge in [-0.25, -0.2) is 4.79 Å². The maximum absolute atomic E-state index is 10.9. The van der Waals surface area contributed by atoms with Gasteiger partial charge in [-0.15, -0.1) is 0 Å². The van der Waals surface area contributed by atoms with Crippen molar-refractivity contribution < 1.29 is 19.5 Å². The minimum atomic E-state index is -1.14. The predicted molar refractivity (Wildman–Crippen MR) is 61.1 cm³/mol. The number of aliphatic carboxylic acids is 1. The highest BCUT2D eigenvalue weighted by Crippen LogP contribution is 2.00. The number of carboxylic acid groups (broad SMARTS) is 1. The summed E-state index contributed by atoms with van der Waals surface area (Å²) in [5.74, 6) is -2.11. The van der Waals surface area contributed by atoms with Gasteiger partial charge in [0.15, 0.2) is 0 Å². The topological polar surface area (TPSA) is 113 Å². The first-order chi connectivity index (χ1) is 7.73. The van der Waals surface area contributed by atoms with Gasteiger partial charge in [0.2, 0.25) is 11.8 Å². The molecule has 0 heterocycles. The number of amides is 2. The largest absolute Gasteiger partial charge is 0.480 e. The van der Waals surface area contributed by atoms with E-state index in [-0.39, 0.29) is 19.1 Å². The average molecular weight is 245 g/mol. The van der Waals surface area contributed by atoms with Crippen molar-refractivity contribution in [2.24, 2.45) is 5.73 Å². The monoisotopic (exact) mass is 245 g/mol. The summed E-state index contributed by atoms with van der Waals surface area (Å²) in [6, 6.07) is -1.09. The van der Waals surface area contributed by atoms with E-state index in [1.165, 1.54) is 6.92 Å². The third-order valence-corrected chi connectivity index (χ3v) is 2.18. The Kier molecular flexibility index (Phi) is 6.19. The predicted octanol–water partition coefficient (Wildman–Crippen LogP) is -1.23. The Balaban J connectivity index is 4.61. The SMILES string of the molecule is CC(=O)NC(CN(CC(N)=O)C(C)C)C(=O)O. The van der Waals surface area contributed by atoms with Crippen LogP contribution in [-0.2, 0) is 14.4 Å². The first kappa shape index (κ1) is 15.4. The minimum absolute atomic E-state index is 0.0372. The molecule has 0 aromatic carbocycles. The van der Waals surface area contributed by atoms with Crippen LogP contribution in [0.1, 0.15) is 20.8 Å². The van der Waals surface area contributed by atoms with Crippen LogP contribution in [0, 0.1) is 0 Å². The lowest BCUT2D eigenvalue weighted by atomic mass is 10.2. The van der Waals surface area contributed by atoms with E-state index in [2.05, 4.69) is 5.32 Å². The average Bonchev–Trinajstić information content (AvgIpc) is 2.13. The highest BCUT2D eigenvalue weighted by molar-refractivity contribution is 5.82. The zero-order valence-electron chi connectivity index (χ0n) is 10.3. The van der Waals surface area contributed by atoms with E-state index in [9.17, 15) is 14.4 Å². The van der Waals surface area contributed by atoms with Crippen molar-refractivity contribution in [1.29, 1.82) is 0 Å². The molecule has 0 rings (SSSR count). The molecule has 7 heteroatoms. The van der Waals surface area contributed by atoms with Gasteiger partial charge in [-0.05, 0) is 13.8 Å². The molecule has 0 aromatic rings. The van der Waals surface area contributed by atoms with E-state index < -0.39 is 23.8 Å². The number of nitrogens with one attached hydrogen (secondary N) is 1. The van der Waals surface area contributed by atoms with Crippen LogP contribution >= 0.6 is 0 Å². The molecule has 7 nitrogen and oxygen atoms in total. The molecule has 0 radical (unpaired) electrons. The summed E-state index contributed by atoms with van der Waals surface area (Å²) in [6.45, 7) is 4.87. The summed E-state index contributed by atoms with van der Waals surface area (Å²) in [4.78, 5) is 34.2. The van der Waals surface area contributed by atoms with Gasteiger partial charge in [0.1, 0.15) is 6.04 Å². The van der Waals surface area contributed by atoms with E-state index in [4.69, 9.17) is 10.8 Å². The van der Waals surface area contributed by atoms with Crippen LogP contribution in [0.25, 0.3) is 0 Å². The lowest BCUT2D eigenvalue weighted by molar-refractivity contribution is -0.142. The Morgan fingerprint density at radius 2 is 1.88 bits per heavy atom. The van der Waals surface area contributed by atoms with Crippen LogP contribution in [-0.4, -0.2) is 53.0 Å². The van der Waals surface area contributed by atoms with Gasteiger partial charge < -0.3 is 16.2 Å². The van der Waals surface area contributed by atoms with Crippen LogP contribution in [0.5, 0.6) is 0 Å². The second-order valence-electron chi connectivity index (χ2n) is 4.08. The molecule has 0 saturated carbocycles. The number of carboxylic acids is 1. The van der Waals surface area contributed by atoms with Crippen molar-refractivity contribution >= 4 is 17.8 Å². The van der Waals surface area contributed by atoms with E-state index in [0.717, 1.165) is 0 Å². The van der Waals surface area contributed by atoms with Crippen LogP contribution in [0.15, 0.2) is 0 Å². The molecule has 0 aliphatic carbocycles. The smallest absolute Gasteiger partial charge is 0.327 e. The zero-order chi connectivity index (χ0) is 13.6. The maximum atomic E-state index is 10.9. The Labute approximate surface area is 100.0 Å². The Morgan fingerprint density at radius 1 is 1.35 bits per heavy atom. The molecular weight excluding hydrogens is 226 g/mol. The highest BCUT2D eigenvalue weighted by Gasteiger charge is 2.24. The van der Waals surface area contributed by atoms with Crippen molar-refractivity contribution in [3.63, 3.8) is 0 Å². The van der Waals surface area contributed by atoms with Gasteiger partial charge >= 0.3 is 5.97 Å². The molecule has 2 amide bonds. The second kappa shape index (κ2) is 6.85. The van der Waals surface area contributed by atoms with Gasteiger partial charge in [-0.3, -0.25) is 14.5 Å². The van der Waals surface area contributed by atoms with Gasteiger partial charge in [-0.1, -0.05) is 0 Å². The number of hydrogen-bond acceptors (Lipinski definition) is 4. The van der Waals surface area contributed by atoms with Crippen LogP contribution in [0.3, 0.4) is 0 Å². The van der Waals surface area contributed by atoms with E-state index in [1.807, 2.05) is 13.8 Å². The van der Waals surface area contributed by atoms with Gasteiger partial charge in [-0.2, -0.15) is 0 Å². The molecular formula is C10H19N3O4. The summed E-state index contributed by atoms with van der Waals surface area (Å²) >= 11 is 0. The van der Waals surface area contributed by atoms with E-state index in [1.54, 1.807) is 4.90 Å². The maximum Gasteiger partial charge on any atom is 0.327 e. The van der Waals surface area contributed by atoms with Gasteiger partial charge in [0.05, 0.1) is 6.54 Å². The summed E-state index contributed by atoms with van der Waals surface area (Å²) in [5.41, 5.74) is 5.07. The van der Waals surface area contributed by atoms with E-state index >= 15 is 0 Å². The molecule has 0 fully saturated rings. The number of rotatable bonds is 7. The number of nitrogens with zero attached hydrogens (tertiary/aromatic N) is 1. The van der Waals surface area contributed by atoms with Gasteiger partial charge in [0.25, 0.3) is 0 Å². The number of hydrogen-bond donors (Lipinski definition) is 3. The Morgan fingerprint density at radius 3 is 2.18 bits per heavy atom. The molecule has 0 saturated heterocycles. The zero-order valence-corrected chi connectivity index (χ0v) is 10.3.